The molecule has 0 aromatic heterocycles. The molecule has 0 saturated carbocycles. The molecular weight excluding hydrogens is 398 g/mol. The van der Waals surface area contributed by atoms with Gasteiger partial charge in [0.2, 0.25) is 0 Å². The number of carbonyl (C=O) groups is 1. The third kappa shape index (κ3) is 7.01. The van der Waals surface area contributed by atoms with E-state index in [9.17, 15) is 4.79 Å². The average molecular weight is 436 g/mol. The summed E-state index contributed by atoms with van der Waals surface area (Å²) in [4.78, 5) is 12.7. The SMILES string of the molecule is C=CC(C)(C)c1cc(C=CC(=O)c2ccc(N)cc2)c(OCCCC)cc1OCCCC. The first-order chi connectivity index (χ1) is 15.3. The minimum atomic E-state index is -0.299. The highest BCUT2D eigenvalue weighted by molar-refractivity contribution is 6.07. The van der Waals surface area contributed by atoms with Gasteiger partial charge in [-0.15, -0.1) is 6.58 Å². The van der Waals surface area contributed by atoms with Crippen LogP contribution in [0.1, 0.15) is 74.9 Å². The molecule has 2 N–H and O–H groups in total. The third-order valence-electron chi connectivity index (χ3n) is 5.44. The highest BCUT2D eigenvalue weighted by atomic mass is 16.5. The number of nitrogen functional groups attached to an aromatic ring is 1. The van der Waals surface area contributed by atoms with Gasteiger partial charge in [0, 0.05) is 33.9 Å². The number of nitrogens with two attached hydrogens (primary N) is 1. The second-order valence-corrected chi connectivity index (χ2v) is 8.54. The summed E-state index contributed by atoms with van der Waals surface area (Å²) in [6.07, 6.45) is 9.36. The van der Waals surface area contributed by atoms with Gasteiger partial charge >= 0.3 is 0 Å². The highest BCUT2D eigenvalue weighted by Crippen LogP contribution is 2.38. The van der Waals surface area contributed by atoms with Crippen molar-refractivity contribution in [3.8, 4) is 11.5 Å². The van der Waals surface area contributed by atoms with Gasteiger partial charge in [-0.25, -0.2) is 0 Å². The second-order valence-electron chi connectivity index (χ2n) is 8.54. The maximum absolute atomic E-state index is 12.7. The van der Waals surface area contributed by atoms with Gasteiger partial charge in [-0.05, 0) is 55.3 Å². The lowest BCUT2D eigenvalue weighted by Gasteiger charge is -2.25. The van der Waals surface area contributed by atoms with Crippen LogP contribution < -0.4 is 15.2 Å². The van der Waals surface area contributed by atoms with Crippen molar-refractivity contribution in [2.24, 2.45) is 0 Å². The Morgan fingerprint density at radius 3 is 2.16 bits per heavy atom. The topological polar surface area (TPSA) is 61.6 Å². The molecule has 0 aliphatic rings. The van der Waals surface area contributed by atoms with E-state index in [1.165, 1.54) is 0 Å². The summed E-state index contributed by atoms with van der Waals surface area (Å²) in [5, 5.41) is 0. The minimum absolute atomic E-state index is 0.0858. The molecule has 0 bridgehead atoms. The van der Waals surface area contributed by atoms with Crippen LogP contribution in [0.25, 0.3) is 6.08 Å². The fourth-order valence-electron chi connectivity index (χ4n) is 3.13. The van der Waals surface area contributed by atoms with Crippen LogP contribution in [0.4, 0.5) is 5.69 Å². The van der Waals surface area contributed by atoms with Crippen LogP contribution in [0.3, 0.4) is 0 Å². The Kier molecular flexibility index (Phi) is 9.58. The monoisotopic (exact) mass is 435 g/mol. The summed E-state index contributed by atoms with van der Waals surface area (Å²) in [7, 11) is 0. The number of anilines is 1. The Labute approximate surface area is 193 Å². The van der Waals surface area contributed by atoms with Gasteiger partial charge in [0.15, 0.2) is 5.78 Å². The number of allylic oxidation sites excluding steroid dienone is 2. The molecule has 2 rings (SSSR count). The molecule has 0 aliphatic heterocycles. The van der Waals surface area contributed by atoms with E-state index in [1.807, 2.05) is 18.2 Å². The number of hydrogen-bond donors (Lipinski definition) is 1. The molecule has 0 aliphatic carbocycles. The fourth-order valence-corrected chi connectivity index (χ4v) is 3.13. The molecule has 0 spiro atoms. The van der Waals surface area contributed by atoms with Gasteiger partial charge < -0.3 is 15.2 Å². The van der Waals surface area contributed by atoms with Crippen molar-refractivity contribution in [1.29, 1.82) is 0 Å². The molecule has 2 aromatic rings. The normalized spacial score (nSPS) is 11.5. The molecule has 4 nitrogen and oxygen atoms in total. The van der Waals surface area contributed by atoms with E-state index in [4.69, 9.17) is 15.2 Å². The van der Waals surface area contributed by atoms with Crippen LogP contribution in [0.5, 0.6) is 11.5 Å². The third-order valence-corrected chi connectivity index (χ3v) is 5.44. The van der Waals surface area contributed by atoms with Crippen LogP contribution in [-0.4, -0.2) is 19.0 Å². The van der Waals surface area contributed by atoms with E-state index < -0.39 is 0 Å². The number of hydrogen-bond acceptors (Lipinski definition) is 4. The summed E-state index contributed by atoms with van der Waals surface area (Å²) in [5.41, 5.74) is 8.52. The molecule has 0 amide bonds. The summed E-state index contributed by atoms with van der Waals surface area (Å²) in [5.74, 6) is 1.43. The van der Waals surface area contributed by atoms with E-state index in [0.29, 0.717) is 24.5 Å². The maximum Gasteiger partial charge on any atom is 0.185 e. The largest absolute Gasteiger partial charge is 0.493 e. The fraction of sp³-hybridized carbons (Fsp3) is 0.393. The molecule has 0 heterocycles. The number of ether oxygens (including phenoxy) is 2. The smallest absolute Gasteiger partial charge is 0.185 e. The average Bonchev–Trinajstić information content (AvgIpc) is 2.78. The summed E-state index contributed by atoms with van der Waals surface area (Å²) >= 11 is 0. The Morgan fingerprint density at radius 2 is 1.59 bits per heavy atom. The lowest BCUT2D eigenvalue weighted by Crippen LogP contribution is -2.16. The molecule has 0 unspecified atom stereocenters. The zero-order chi connectivity index (χ0) is 23.6. The number of unbranched alkanes of at least 4 members (excludes halogenated alkanes) is 2. The summed E-state index contributed by atoms with van der Waals surface area (Å²) in [6.45, 7) is 13.8. The molecular formula is C28H37NO3. The van der Waals surface area contributed by atoms with Crippen LogP contribution in [0.15, 0.2) is 55.1 Å². The quantitative estimate of drug-likeness (QED) is 0.121. The second kappa shape index (κ2) is 12.1. The Balaban J connectivity index is 2.46. The van der Waals surface area contributed by atoms with E-state index in [1.54, 1.807) is 30.3 Å². The van der Waals surface area contributed by atoms with E-state index >= 15 is 0 Å². The molecule has 172 valence electrons. The first-order valence-corrected chi connectivity index (χ1v) is 11.5. The van der Waals surface area contributed by atoms with Crippen LogP contribution in [0, 0.1) is 0 Å². The summed E-state index contributed by atoms with van der Waals surface area (Å²) in [6, 6.07) is 10.9. The molecule has 0 saturated heterocycles. The number of rotatable bonds is 13. The molecule has 0 radical (unpaired) electrons. The van der Waals surface area contributed by atoms with Crippen molar-refractivity contribution in [3.63, 3.8) is 0 Å². The highest BCUT2D eigenvalue weighted by Gasteiger charge is 2.23. The Hall–Kier alpha value is -3.01. The van der Waals surface area contributed by atoms with Gasteiger partial charge in [-0.3, -0.25) is 4.79 Å². The van der Waals surface area contributed by atoms with Gasteiger partial charge in [0.1, 0.15) is 11.5 Å². The molecule has 32 heavy (non-hydrogen) atoms. The van der Waals surface area contributed by atoms with Gasteiger partial charge in [-0.2, -0.15) is 0 Å². The van der Waals surface area contributed by atoms with Gasteiger partial charge in [0.25, 0.3) is 0 Å². The molecule has 2 aromatic carbocycles. The number of benzene rings is 2. The Bertz CT molecular complexity index is 926. The van der Waals surface area contributed by atoms with E-state index in [-0.39, 0.29) is 11.2 Å². The first-order valence-electron chi connectivity index (χ1n) is 11.5. The molecule has 0 fully saturated rings. The van der Waals surface area contributed by atoms with Crippen LogP contribution >= 0.6 is 0 Å². The van der Waals surface area contributed by atoms with Gasteiger partial charge in [0.05, 0.1) is 13.2 Å². The van der Waals surface area contributed by atoms with E-state index in [0.717, 1.165) is 48.3 Å². The lowest BCUT2D eigenvalue weighted by molar-refractivity contribution is 0.104. The lowest BCUT2D eigenvalue weighted by atomic mass is 9.83. The number of ketones is 1. The van der Waals surface area contributed by atoms with Gasteiger partial charge in [-0.1, -0.05) is 46.6 Å². The Morgan fingerprint density at radius 1 is 1.00 bits per heavy atom. The minimum Gasteiger partial charge on any atom is -0.493 e. The first kappa shape index (κ1) is 25.3. The van der Waals surface area contributed by atoms with Crippen molar-refractivity contribution in [2.45, 2.75) is 58.8 Å². The van der Waals surface area contributed by atoms with Crippen LogP contribution in [0.2, 0.25) is 0 Å². The zero-order valence-electron chi connectivity index (χ0n) is 19.9. The molecule has 4 heteroatoms. The van der Waals surface area contributed by atoms with Crippen molar-refractivity contribution in [3.05, 3.63) is 71.8 Å². The standard InChI is InChI=1S/C28H37NO3/c1-6-9-17-31-26-20-27(32-18-10-7-2)24(28(4,5)8-3)19-22(26)13-16-25(30)21-11-14-23(29)15-12-21/h8,11-16,19-20H,3,6-7,9-10,17-18,29H2,1-2,4-5H3. The van der Waals surface area contributed by atoms with Crippen molar-refractivity contribution in [2.75, 3.05) is 18.9 Å². The van der Waals surface area contributed by atoms with Crippen molar-refractivity contribution in [1.82, 2.24) is 0 Å². The van der Waals surface area contributed by atoms with Crippen molar-refractivity contribution >= 4 is 17.5 Å². The zero-order valence-corrected chi connectivity index (χ0v) is 19.9. The predicted molar refractivity (Wildman–Crippen MR) is 135 cm³/mol. The maximum atomic E-state index is 12.7. The molecule has 0 atom stereocenters. The van der Waals surface area contributed by atoms with Crippen molar-refractivity contribution < 1.29 is 14.3 Å². The van der Waals surface area contributed by atoms with E-state index in [2.05, 4.69) is 40.3 Å². The predicted octanol–water partition coefficient (Wildman–Crippen LogP) is 6.99. The summed E-state index contributed by atoms with van der Waals surface area (Å²) < 4.78 is 12.2. The number of carbonyl (C=O) groups excluding carboxylic acids is 1. The van der Waals surface area contributed by atoms with Crippen LogP contribution in [-0.2, 0) is 5.41 Å².